The molecule has 0 spiro atoms. The van der Waals surface area contributed by atoms with Crippen molar-refractivity contribution in [1.29, 1.82) is 0 Å². The van der Waals surface area contributed by atoms with E-state index in [1.54, 1.807) is 18.3 Å². The van der Waals surface area contributed by atoms with Crippen molar-refractivity contribution in [1.82, 2.24) is 4.98 Å². The van der Waals surface area contributed by atoms with E-state index in [0.717, 1.165) is 28.8 Å². The van der Waals surface area contributed by atoms with E-state index in [-0.39, 0.29) is 5.82 Å². The van der Waals surface area contributed by atoms with Gasteiger partial charge in [0.1, 0.15) is 11.6 Å². The fraction of sp³-hybridized carbons (Fsp3) is 0.154. The summed E-state index contributed by atoms with van der Waals surface area (Å²) in [7, 11) is 0. The Morgan fingerprint density at radius 1 is 1.24 bits per heavy atom. The van der Waals surface area contributed by atoms with Crippen molar-refractivity contribution in [2.75, 3.05) is 11.9 Å². The van der Waals surface area contributed by atoms with Crippen LogP contribution < -0.4 is 5.32 Å². The fourth-order valence-electron chi connectivity index (χ4n) is 1.53. The molecule has 2 aromatic rings. The molecule has 0 fully saturated rings. The second-order valence-electron chi connectivity index (χ2n) is 3.64. The van der Waals surface area contributed by atoms with Gasteiger partial charge in [-0.1, -0.05) is 12.1 Å². The third-order valence-corrected chi connectivity index (χ3v) is 2.99. The molecule has 0 aliphatic heterocycles. The first-order valence-corrected chi connectivity index (χ1v) is 6.14. The Balaban J connectivity index is 1.90. The molecule has 0 saturated carbocycles. The topological polar surface area (TPSA) is 24.9 Å². The molecule has 0 bridgehead atoms. The zero-order valence-electron chi connectivity index (χ0n) is 9.16. The van der Waals surface area contributed by atoms with E-state index in [4.69, 9.17) is 0 Å². The van der Waals surface area contributed by atoms with Crippen molar-refractivity contribution in [3.8, 4) is 0 Å². The van der Waals surface area contributed by atoms with Crippen LogP contribution in [-0.4, -0.2) is 11.5 Å². The Morgan fingerprint density at radius 3 is 2.88 bits per heavy atom. The van der Waals surface area contributed by atoms with E-state index < -0.39 is 0 Å². The Labute approximate surface area is 108 Å². The van der Waals surface area contributed by atoms with Gasteiger partial charge in [0.2, 0.25) is 0 Å². The fourth-order valence-corrected chi connectivity index (χ4v) is 1.93. The molecule has 88 valence electrons. The van der Waals surface area contributed by atoms with Crippen molar-refractivity contribution >= 4 is 21.7 Å². The summed E-state index contributed by atoms with van der Waals surface area (Å²) < 4.78 is 13.9. The highest BCUT2D eigenvalue weighted by atomic mass is 79.9. The van der Waals surface area contributed by atoms with E-state index in [9.17, 15) is 4.39 Å². The molecule has 1 aromatic carbocycles. The molecule has 0 atom stereocenters. The van der Waals surface area contributed by atoms with E-state index in [1.165, 1.54) is 6.07 Å². The number of nitrogens with zero attached hydrogens (tertiary/aromatic N) is 1. The van der Waals surface area contributed by atoms with Crippen LogP contribution in [0.25, 0.3) is 0 Å². The van der Waals surface area contributed by atoms with Crippen molar-refractivity contribution < 1.29 is 4.39 Å². The minimum Gasteiger partial charge on any atom is -0.369 e. The monoisotopic (exact) mass is 294 g/mol. The number of benzene rings is 1. The number of nitrogens with one attached hydrogen (secondary N) is 1. The van der Waals surface area contributed by atoms with Gasteiger partial charge in [-0.3, -0.25) is 0 Å². The molecule has 2 rings (SSSR count). The number of pyridine rings is 1. The lowest BCUT2D eigenvalue weighted by Crippen LogP contribution is -2.06. The third-order valence-electron chi connectivity index (χ3n) is 2.35. The SMILES string of the molecule is Fc1cccc(CCNc2ncccc2Br)c1. The van der Waals surface area contributed by atoms with Gasteiger partial charge < -0.3 is 5.32 Å². The summed E-state index contributed by atoms with van der Waals surface area (Å²) in [6, 6.07) is 10.4. The van der Waals surface area contributed by atoms with Gasteiger partial charge in [0.05, 0.1) is 4.47 Å². The predicted molar refractivity (Wildman–Crippen MR) is 70.5 cm³/mol. The second kappa shape index (κ2) is 5.77. The molecule has 4 heteroatoms. The maximum atomic E-state index is 12.9. The van der Waals surface area contributed by atoms with Crippen molar-refractivity contribution in [2.45, 2.75) is 6.42 Å². The van der Waals surface area contributed by atoms with E-state index in [1.807, 2.05) is 18.2 Å². The lowest BCUT2D eigenvalue weighted by atomic mass is 10.1. The first kappa shape index (κ1) is 12.0. The molecular weight excluding hydrogens is 283 g/mol. The summed E-state index contributed by atoms with van der Waals surface area (Å²) in [5.41, 5.74) is 0.976. The molecule has 1 heterocycles. The number of halogens is 2. The van der Waals surface area contributed by atoms with Gasteiger partial charge in [0, 0.05) is 12.7 Å². The van der Waals surface area contributed by atoms with Gasteiger partial charge in [-0.05, 0) is 52.2 Å². The molecule has 1 N–H and O–H groups in total. The molecule has 1 aromatic heterocycles. The quantitative estimate of drug-likeness (QED) is 0.931. The summed E-state index contributed by atoms with van der Waals surface area (Å²) in [6.07, 6.45) is 2.50. The van der Waals surface area contributed by atoms with Crippen LogP contribution in [0.4, 0.5) is 10.2 Å². The summed E-state index contributed by atoms with van der Waals surface area (Å²) >= 11 is 3.41. The Morgan fingerprint density at radius 2 is 2.12 bits per heavy atom. The van der Waals surface area contributed by atoms with Crippen LogP contribution in [0.15, 0.2) is 47.1 Å². The third kappa shape index (κ3) is 3.53. The molecule has 0 amide bonds. The predicted octanol–water partition coefficient (Wildman–Crippen LogP) is 3.64. The molecule has 0 aliphatic carbocycles. The van der Waals surface area contributed by atoms with E-state index in [0.29, 0.717) is 0 Å². The zero-order valence-corrected chi connectivity index (χ0v) is 10.7. The van der Waals surface area contributed by atoms with Gasteiger partial charge in [-0.15, -0.1) is 0 Å². The summed E-state index contributed by atoms with van der Waals surface area (Å²) in [6.45, 7) is 0.721. The molecule has 0 saturated heterocycles. The van der Waals surface area contributed by atoms with Crippen molar-refractivity contribution in [3.63, 3.8) is 0 Å². The van der Waals surface area contributed by atoms with Crippen molar-refractivity contribution in [3.05, 3.63) is 58.4 Å². The summed E-state index contributed by atoms with van der Waals surface area (Å²) in [5.74, 6) is 0.616. The van der Waals surface area contributed by atoms with Gasteiger partial charge in [-0.25, -0.2) is 9.37 Å². The maximum absolute atomic E-state index is 12.9. The Bertz CT molecular complexity index is 502. The van der Waals surface area contributed by atoms with Gasteiger partial charge in [0.25, 0.3) is 0 Å². The van der Waals surface area contributed by atoms with Crippen molar-refractivity contribution in [2.24, 2.45) is 0 Å². The van der Waals surface area contributed by atoms with E-state index in [2.05, 4.69) is 26.2 Å². The lowest BCUT2D eigenvalue weighted by Gasteiger charge is -2.07. The minimum absolute atomic E-state index is 0.193. The van der Waals surface area contributed by atoms with Crippen LogP contribution in [0.5, 0.6) is 0 Å². The highest BCUT2D eigenvalue weighted by Crippen LogP contribution is 2.18. The van der Waals surface area contributed by atoms with E-state index >= 15 is 0 Å². The van der Waals surface area contributed by atoms with Gasteiger partial charge in [-0.2, -0.15) is 0 Å². The Kier molecular flexibility index (Phi) is 4.09. The average Bonchev–Trinajstić information content (AvgIpc) is 2.32. The highest BCUT2D eigenvalue weighted by molar-refractivity contribution is 9.10. The summed E-state index contributed by atoms with van der Waals surface area (Å²) in [5, 5.41) is 3.20. The smallest absolute Gasteiger partial charge is 0.140 e. The first-order valence-electron chi connectivity index (χ1n) is 5.34. The highest BCUT2D eigenvalue weighted by Gasteiger charge is 1.99. The number of anilines is 1. The van der Waals surface area contributed by atoms with Crippen LogP contribution >= 0.6 is 15.9 Å². The maximum Gasteiger partial charge on any atom is 0.140 e. The first-order chi connectivity index (χ1) is 8.25. The largest absolute Gasteiger partial charge is 0.369 e. The average molecular weight is 295 g/mol. The summed E-state index contributed by atoms with van der Waals surface area (Å²) in [4.78, 5) is 4.19. The standard InChI is InChI=1S/C13H12BrFN2/c14-12-5-2-7-16-13(12)17-8-6-10-3-1-4-11(15)9-10/h1-5,7,9H,6,8H2,(H,16,17). The second-order valence-corrected chi connectivity index (χ2v) is 4.49. The molecule has 0 radical (unpaired) electrons. The number of rotatable bonds is 4. The van der Waals surface area contributed by atoms with Crippen LogP contribution in [0.3, 0.4) is 0 Å². The van der Waals surface area contributed by atoms with Crippen LogP contribution in [0.1, 0.15) is 5.56 Å². The normalized spacial score (nSPS) is 10.2. The zero-order chi connectivity index (χ0) is 12.1. The minimum atomic E-state index is -0.193. The number of hydrogen-bond donors (Lipinski definition) is 1. The lowest BCUT2D eigenvalue weighted by molar-refractivity contribution is 0.625. The van der Waals surface area contributed by atoms with Crippen LogP contribution in [0.2, 0.25) is 0 Å². The van der Waals surface area contributed by atoms with Gasteiger partial charge >= 0.3 is 0 Å². The molecule has 17 heavy (non-hydrogen) atoms. The Hall–Kier alpha value is -1.42. The molecular formula is C13H12BrFN2. The van der Waals surface area contributed by atoms with Crippen LogP contribution in [-0.2, 0) is 6.42 Å². The molecule has 2 nitrogen and oxygen atoms in total. The van der Waals surface area contributed by atoms with Crippen LogP contribution in [0, 0.1) is 5.82 Å². The van der Waals surface area contributed by atoms with Gasteiger partial charge in [0.15, 0.2) is 0 Å². The number of aromatic nitrogens is 1. The number of hydrogen-bond acceptors (Lipinski definition) is 2. The molecule has 0 aliphatic rings. The molecule has 0 unspecified atom stereocenters.